The topological polar surface area (TPSA) is 94.6 Å². The number of thiazole rings is 1. The molecule has 2 aromatic heterocycles. The van der Waals surface area contributed by atoms with Crippen molar-refractivity contribution in [2.24, 2.45) is 0 Å². The van der Waals surface area contributed by atoms with Crippen molar-refractivity contribution < 1.29 is 19.0 Å². The molecule has 3 aromatic rings. The van der Waals surface area contributed by atoms with E-state index in [4.69, 9.17) is 14.2 Å². The summed E-state index contributed by atoms with van der Waals surface area (Å²) in [5, 5.41) is 6.64. The molecular formula is C23H24N4O4S. The fraction of sp³-hybridized carbons (Fsp3) is 0.348. The van der Waals surface area contributed by atoms with Crippen LogP contribution in [0.15, 0.2) is 48.9 Å². The molecule has 3 atom stereocenters. The van der Waals surface area contributed by atoms with Crippen molar-refractivity contribution in [2.75, 3.05) is 20.2 Å². The van der Waals surface area contributed by atoms with Crippen molar-refractivity contribution in [3.05, 3.63) is 64.9 Å². The second kappa shape index (κ2) is 9.23. The molecule has 2 aliphatic rings. The summed E-state index contributed by atoms with van der Waals surface area (Å²) in [4.78, 5) is 21.5. The van der Waals surface area contributed by atoms with E-state index in [-0.39, 0.29) is 24.2 Å². The lowest BCUT2D eigenvalue weighted by Crippen LogP contribution is -2.43. The second-order valence-electron chi connectivity index (χ2n) is 7.81. The summed E-state index contributed by atoms with van der Waals surface area (Å²) in [6.07, 6.45) is 6.89. The van der Waals surface area contributed by atoms with Crippen molar-refractivity contribution >= 4 is 17.2 Å². The highest BCUT2D eigenvalue weighted by molar-refractivity contribution is 7.15. The highest BCUT2D eigenvalue weighted by Crippen LogP contribution is 2.37. The predicted molar refractivity (Wildman–Crippen MR) is 119 cm³/mol. The Morgan fingerprint density at radius 2 is 2.22 bits per heavy atom. The Bertz CT molecular complexity index is 1090. The summed E-state index contributed by atoms with van der Waals surface area (Å²) in [6, 6.07) is 9.66. The number of carbonyl (C=O) groups is 1. The predicted octanol–water partition coefficient (Wildman–Crippen LogP) is 3.11. The first kappa shape index (κ1) is 20.9. The van der Waals surface area contributed by atoms with Gasteiger partial charge in [0.15, 0.2) is 0 Å². The zero-order valence-corrected chi connectivity index (χ0v) is 18.4. The van der Waals surface area contributed by atoms with Gasteiger partial charge in [0.05, 0.1) is 18.3 Å². The van der Waals surface area contributed by atoms with E-state index in [1.54, 1.807) is 19.5 Å². The lowest BCUT2D eigenvalue weighted by molar-refractivity contribution is 0.0782. The van der Waals surface area contributed by atoms with Gasteiger partial charge in [-0.2, -0.15) is 0 Å². The summed E-state index contributed by atoms with van der Waals surface area (Å²) in [7, 11) is 1.65. The van der Waals surface area contributed by atoms with Crippen LogP contribution >= 0.6 is 11.3 Å². The van der Waals surface area contributed by atoms with Crippen LogP contribution in [-0.2, 0) is 11.2 Å². The Hall–Kier alpha value is -3.01. The Balaban J connectivity index is 1.22. The number of nitrogens with zero attached hydrogens (tertiary/aromatic N) is 2. The Morgan fingerprint density at radius 1 is 1.28 bits per heavy atom. The fourth-order valence-electron chi connectivity index (χ4n) is 4.03. The van der Waals surface area contributed by atoms with Crippen LogP contribution in [0.25, 0.3) is 0 Å². The first-order valence-corrected chi connectivity index (χ1v) is 11.4. The summed E-state index contributed by atoms with van der Waals surface area (Å²) in [5.41, 5.74) is 2.17. The van der Waals surface area contributed by atoms with Crippen LogP contribution < -0.4 is 20.1 Å². The van der Waals surface area contributed by atoms with Gasteiger partial charge < -0.3 is 24.8 Å². The molecule has 4 heterocycles. The molecule has 1 amide bonds. The average molecular weight is 453 g/mol. The highest BCUT2D eigenvalue weighted by atomic mass is 32.1. The molecule has 0 saturated carbocycles. The zero-order chi connectivity index (χ0) is 21.9. The molecule has 8 nitrogen and oxygen atoms in total. The molecule has 2 N–H and O–H groups in total. The molecule has 9 heteroatoms. The van der Waals surface area contributed by atoms with Crippen LogP contribution in [0, 0.1) is 0 Å². The largest absolute Gasteiger partial charge is 0.485 e. The van der Waals surface area contributed by atoms with Gasteiger partial charge in [0.2, 0.25) is 0 Å². The molecule has 166 valence electrons. The Labute approximate surface area is 189 Å². The average Bonchev–Trinajstić information content (AvgIpc) is 3.48. The van der Waals surface area contributed by atoms with Gasteiger partial charge in [-0.1, -0.05) is 17.4 Å². The van der Waals surface area contributed by atoms with Gasteiger partial charge in [0.1, 0.15) is 22.5 Å². The summed E-state index contributed by atoms with van der Waals surface area (Å²) >= 11 is 1.22. The van der Waals surface area contributed by atoms with Crippen LogP contribution in [-0.4, -0.2) is 48.2 Å². The van der Waals surface area contributed by atoms with Crippen molar-refractivity contribution in [2.45, 2.75) is 31.1 Å². The molecule has 1 saturated heterocycles. The summed E-state index contributed by atoms with van der Waals surface area (Å²) < 4.78 is 17.5. The van der Waals surface area contributed by atoms with Gasteiger partial charge in [0.25, 0.3) is 11.1 Å². The third-order valence-corrected chi connectivity index (χ3v) is 6.60. The van der Waals surface area contributed by atoms with E-state index < -0.39 is 0 Å². The molecule has 0 radical (unpaired) electrons. The van der Waals surface area contributed by atoms with E-state index in [0.717, 1.165) is 36.3 Å². The van der Waals surface area contributed by atoms with E-state index in [2.05, 4.69) is 20.6 Å². The van der Waals surface area contributed by atoms with E-state index in [1.807, 2.05) is 36.5 Å². The number of pyridine rings is 1. The Kier molecular flexibility index (Phi) is 6.02. The smallest absolute Gasteiger partial charge is 0.279 e. The minimum Gasteiger partial charge on any atom is -0.485 e. The molecule has 1 unspecified atom stereocenters. The maximum Gasteiger partial charge on any atom is 0.279 e. The molecule has 1 aromatic carbocycles. The number of hydrogen-bond acceptors (Lipinski definition) is 8. The van der Waals surface area contributed by atoms with Gasteiger partial charge in [-0.3, -0.25) is 9.78 Å². The number of aromatic nitrogens is 2. The van der Waals surface area contributed by atoms with Crippen molar-refractivity contribution in [3.8, 4) is 16.7 Å². The van der Waals surface area contributed by atoms with Crippen LogP contribution in [0.2, 0.25) is 0 Å². The molecule has 5 rings (SSSR count). The van der Waals surface area contributed by atoms with Crippen molar-refractivity contribution in [1.82, 2.24) is 20.6 Å². The number of benzene rings is 1. The third kappa shape index (κ3) is 4.45. The van der Waals surface area contributed by atoms with E-state index in [0.29, 0.717) is 22.4 Å². The van der Waals surface area contributed by atoms with Crippen LogP contribution in [0.4, 0.5) is 0 Å². The monoisotopic (exact) mass is 452 g/mol. The van der Waals surface area contributed by atoms with Crippen LogP contribution in [0.1, 0.15) is 33.3 Å². The van der Waals surface area contributed by atoms with E-state index >= 15 is 0 Å². The van der Waals surface area contributed by atoms with Gasteiger partial charge in [-0.05, 0) is 42.7 Å². The first-order chi connectivity index (χ1) is 15.7. The normalized spacial score (nSPS) is 22.1. The lowest BCUT2D eigenvalue weighted by Gasteiger charge is -2.26. The minimum absolute atomic E-state index is 0.00998. The highest BCUT2D eigenvalue weighted by Gasteiger charge is 2.29. The van der Waals surface area contributed by atoms with Gasteiger partial charge >= 0.3 is 0 Å². The van der Waals surface area contributed by atoms with Gasteiger partial charge in [0, 0.05) is 38.2 Å². The SMILES string of the molecule is CO[C@H]1CNC[C@@H]1NC(=O)c1cnc(Oc2ccc3c(c2)CCC(c2cccnc2)O3)s1. The summed E-state index contributed by atoms with van der Waals surface area (Å²) in [6.45, 7) is 1.41. The quantitative estimate of drug-likeness (QED) is 0.593. The number of carbonyl (C=O) groups excluding carboxylic acids is 1. The van der Waals surface area contributed by atoms with Crippen LogP contribution in [0.3, 0.4) is 0 Å². The minimum atomic E-state index is -0.173. The second-order valence-corrected chi connectivity index (χ2v) is 8.80. The molecule has 1 fully saturated rings. The number of amides is 1. The van der Waals surface area contributed by atoms with Crippen molar-refractivity contribution in [3.63, 3.8) is 0 Å². The van der Waals surface area contributed by atoms with E-state index in [1.165, 1.54) is 11.3 Å². The number of nitrogens with one attached hydrogen (secondary N) is 2. The molecule has 0 aliphatic carbocycles. The third-order valence-electron chi connectivity index (χ3n) is 5.72. The number of fused-ring (bicyclic) bond motifs is 1. The first-order valence-electron chi connectivity index (χ1n) is 10.6. The summed E-state index contributed by atoms with van der Waals surface area (Å²) in [5.74, 6) is 1.36. The maximum absolute atomic E-state index is 12.6. The number of rotatable bonds is 6. The van der Waals surface area contributed by atoms with Gasteiger partial charge in [-0.15, -0.1) is 0 Å². The molecule has 32 heavy (non-hydrogen) atoms. The fourth-order valence-corrected chi connectivity index (χ4v) is 4.71. The number of hydrogen-bond donors (Lipinski definition) is 2. The van der Waals surface area contributed by atoms with Gasteiger partial charge in [-0.25, -0.2) is 4.98 Å². The standard InChI is InChI=1S/C23H24N4O4S/c1-29-20-12-25-11-17(20)27-22(28)21-13-26-23(32-21)30-16-5-7-18-14(9-16)4-6-19(31-18)15-3-2-8-24-10-15/h2-3,5,7-10,13,17,19-20,25H,4,6,11-12H2,1H3,(H,27,28)/t17-,19?,20-/m0/s1. The molecule has 0 spiro atoms. The Morgan fingerprint density at radius 3 is 3.06 bits per heavy atom. The zero-order valence-electron chi connectivity index (χ0n) is 17.6. The maximum atomic E-state index is 12.6. The van der Waals surface area contributed by atoms with Crippen molar-refractivity contribution in [1.29, 1.82) is 0 Å². The van der Waals surface area contributed by atoms with Crippen LogP contribution in [0.5, 0.6) is 16.7 Å². The van der Waals surface area contributed by atoms with E-state index in [9.17, 15) is 4.79 Å². The molecular weight excluding hydrogens is 428 g/mol. The number of methoxy groups -OCH3 is 1. The number of ether oxygens (including phenoxy) is 3. The lowest BCUT2D eigenvalue weighted by atomic mass is 9.98. The molecule has 0 bridgehead atoms. The number of aryl methyl sites for hydroxylation is 1. The molecule has 2 aliphatic heterocycles.